The Kier molecular flexibility index (Phi) is 5.47. The van der Waals surface area contributed by atoms with Crippen LogP contribution >= 0.6 is 0 Å². The molecule has 1 aliphatic rings. The van der Waals surface area contributed by atoms with Gasteiger partial charge in [0.05, 0.1) is 0 Å². The van der Waals surface area contributed by atoms with Crippen LogP contribution in [0.5, 0.6) is 11.5 Å². The van der Waals surface area contributed by atoms with Crippen molar-refractivity contribution in [3.05, 3.63) is 59.3 Å². The van der Waals surface area contributed by atoms with E-state index < -0.39 is 0 Å². The van der Waals surface area contributed by atoms with Gasteiger partial charge in [-0.25, -0.2) is 0 Å². The molecule has 2 N–H and O–H groups in total. The van der Waals surface area contributed by atoms with Crippen molar-refractivity contribution in [1.82, 2.24) is 10.3 Å². The molecule has 0 saturated carbocycles. The normalized spacial score (nSPS) is 13.8. The van der Waals surface area contributed by atoms with Crippen molar-refractivity contribution in [3.8, 4) is 11.5 Å². The molecule has 2 aromatic carbocycles. The highest BCUT2D eigenvalue weighted by atomic mass is 16.7. The van der Waals surface area contributed by atoms with Crippen LogP contribution in [-0.2, 0) is 11.2 Å². The number of nitrogens with one attached hydrogen (secondary N) is 2. The van der Waals surface area contributed by atoms with Crippen molar-refractivity contribution in [2.45, 2.75) is 39.5 Å². The average Bonchev–Trinajstić information content (AvgIpc) is 3.37. The molecular formula is C24H28N2O3. The standard InChI is InChI=1S/C24H28N2O3/c1-4-16-7-5-8-17-20(13-26-23(16)17)19(11-22(27)25-12-15(2)3)18-9-6-10-21-24(18)29-14-28-21/h5-10,13,15,19,26H,4,11-12,14H2,1-3H3,(H,25,27)/t19-/m1/s1. The summed E-state index contributed by atoms with van der Waals surface area (Å²) in [6.07, 6.45) is 3.35. The van der Waals surface area contributed by atoms with Gasteiger partial charge in [-0.1, -0.05) is 51.1 Å². The third kappa shape index (κ3) is 3.82. The van der Waals surface area contributed by atoms with Gasteiger partial charge >= 0.3 is 0 Å². The fraction of sp³-hybridized carbons (Fsp3) is 0.375. The van der Waals surface area contributed by atoms with Gasteiger partial charge in [-0.15, -0.1) is 0 Å². The molecule has 5 nitrogen and oxygen atoms in total. The van der Waals surface area contributed by atoms with E-state index in [9.17, 15) is 4.79 Å². The average molecular weight is 392 g/mol. The number of hydrogen-bond donors (Lipinski definition) is 2. The lowest BCUT2D eigenvalue weighted by Gasteiger charge is -2.19. The summed E-state index contributed by atoms with van der Waals surface area (Å²) in [6, 6.07) is 12.3. The van der Waals surface area contributed by atoms with E-state index >= 15 is 0 Å². The van der Waals surface area contributed by atoms with E-state index in [1.807, 2.05) is 24.4 Å². The van der Waals surface area contributed by atoms with Gasteiger partial charge < -0.3 is 19.8 Å². The van der Waals surface area contributed by atoms with Gasteiger partial charge in [0.2, 0.25) is 12.7 Å². The van der Waals surface area contributed by atoms with Gasteiger partial charge in [0, 0.05) is 41.5 Å². The lowest BCUT2D eigenvalue weighted by Crippen LogP contribution is -2.28. The summed E-state index contributed by atoms with van der Waals surface area (Å²) in [4.78, 5) is 16.2. The number of carbonyl (C=O) groups excluding carboxylic acids is 1. The van der Waals surface area contributed by atoms with Gasteiger partial charge in [0.25, 0.3) is 0 Å². The zero-order chi connectivity index (χ0) is 20.4. The Morgan fingerprint density at radius 3 is 2.76 bits per heavy atom. The zero-order valence-corrected chi connectivity index (χ0v) is 17.2. The van der Waals surface area contributed by atoms with E-state index in [0.717, 1.165) is 39.9 Å². The molecule has 29 heavy (non-hydrogen) atoms. The summed E-state index contributed by atoms with van der Waals surface area (Å²) < 4.78 is 11.4. The summed E-state index contributed by atoms with van der Waals surface area (Å²) in [5.74, 6) is 1.82. The van der Waals surface area contributed by atoms with Crippen LogP contribution in [0.4, 0.5) is 0 Å². The molecule has 1 atom stereocenters. The molecule has 0 bridgehead atoms. The third-order valence-corrected chi connectivity index (χ3v) is 5.49. The van der Waals surface area contributed by atoms with Gasteiger partial charge in [-0.3, -0.25) is 4.79 Å². The fourth-order valence-electron chi connectivity index (χ4n) is 4.01. The third-order valence-electron chi connectivity index (χ3n) is 5.49. The first-order chi connectivity index (χ1) is 14.1. The monoisotopic (exact) mass is 392 g/mol. The number of amides is 1. The Labute approximate surface area is 171 Å². The Bertz CT molecular complexity index is 1020. The van der Waals surface area contributed by atoms with Crippen LogP contribution in [0.15, 0.2) is 42.6 Å². The first-order valence-electron chi connectivity index (χ1n) is 10.3. The van der Waals surface area contributed by atoms with E-state index in [-0.39, 0.29) is 18.6 Å². The van der Waals surface area contributed by atoms with Crippen LogP contribution in [0.3, 0.4) is 0 Å². The molecular weight excluding hydrogens is 364 g/mol. The van der Waals surface area contributed by atoms with Gasteiger partial charge in [0.1, 0.15) is 0 Å². The van der Waals surface area contributed by atoms with Gasteiger partial charge in [0.15, 0.2) is 11.5 Å². The summed E-state index contributed by atoms with van der Waals surface area (Å²) in [6.45, 7) is 7.23. The number of aromatic amines is 1. The number of aromatic nitrogens is 1. The number of carbonyl (C=O) groups is 1. The molecule has 4 rings (SSSR count). The van der Waals surface area contributed by atoms with Crippen LogP contribution < -0.4 is 14.8 Å². The molecule has 0 saturated heterocycles. The van der Waals surface area contributed by atoms with Crippen LogP contribution in [0, 0.1) is 5.92 Å². The second-order valence-corrected chi connectivity index (χ2v) is 7.97. The van der Waals surface area contributed by atoms with Gasteiger partial charge in [-0.2, -0.15) is 0 Å². The van der Waals surface area contributed by atoms with E-state index in [0.29, 0.717) is 18.9 Å². The van der Waals surface area contributed by atoms with Gasteiger partial charge in [-0.05, 0) is 29.5 Å². The largest absolute Gasteiger partial charge is 0.454 e. The van der Waals surface area contributed by atoms with E-state index in [4.69, 9.17) is 9.47 Å². The van der Waals surface area contributed by atoms with Crippen molar-refractivity contribution < 1.29 is 14.3 Å². The number of benzene rings is 2. The summed E-state index contributed by atoms with van der Waals surface area (Å²) in [7, 11) is 0. The number of rotatable bonds is 7. The molecule has 1 aliphatic heterocycles. The second kappa shape index (κ2) is 8.19. The minimum atomic E-state index is -0.125. The maximum Gasteiger partial charge on any atom is 0.231 e. The highest BCUT2D eigenvalue weighted by Crippen LogP contribution is 2.44. The summed E-state index contributed by atoms with van der Waals surface area (Å²) in [5.41, 5.74) is 4.51. The smallest absolute Gasteiger partial charge is 0.231 e. The number of H-pyrrole nitrogens is 1. The van der Waals surface area contributed by atoms with E-state index in [2.05, 4.69) is 49.3 Å². The summed E-state index contributed by atoms with van der Waals surface area (Å²) in [5, 5.41) is 4.22. The molecule has 152 valence electrons. The lowest BCUT2D eigenvalue weighted by atomic mass is 9.86. The van der Waals surface area contributed by atoms with Crippen LogP contribution in [0.1, 0.15) is 49.8 Å². The molecule has 2 heterocycles. The zero-order valence-electron chi connectivity index (χ0n) is 17.2. The topological polar surface area (TPSA) is 63.4 Å². The predicted octanol–water partition coefficient (Wildman–Crippen LogP) is 4.75. The molecule has 0 radical (unpaired) electrons. The highest BCUT2D eigenvalue weighted by molar-refractivity contribution is 5.88. The lowest BCUT2D eigenvalue weighted by molar-refractivity contribution is -0.121. The molecule has 1 amide bonds. The first kappa shape index (κ1) is 19.4. The van der Waals surface area contributed by atoms with Crippen molar-refractivity contribution in [2.24, 2.45) is 5.92 Å². The fourth-order valence-corrected chi connectivity index (χ4v) is 4.01. The quantitative estimate of drug-likeness (QED) is 0.610. The Hall–Kier alpha value is -2.95. The van der Waals surface area contributed by atoms with Crippen LogP contribution in [0.25, 0.3) is 10.9 Å². The minimum absolute atomic E-state index is 0.0428. The van der Waals surface area contributed by atoms with Crippen molar-refractivity contribution in [3.63, 3.8) is 0 Å². The first-order valence-corrected chi connectivity index (χ1v) is 10.3. The maximum absolute atomic E-state index is 12.8. The number of fused-ring (bicyclic) bond motifs is 2. The van der Waals surface area contributed by atoms with Crippen LogP contribution in [0.2, 0.25) is 0 Å². The Morgan fingerprint density at radius 2 is 1.97 bits per heavy atom. The van der Waals surface area contributed by atoms with Crippen molar-refractivity contribution >= 4 is 16.8 Å². The van der Waals surface area contributed by atoms with Crippen molar-refractivity contribution in [2.75, 3.05) is 13.3 Å². The number of para-hydroxylation sites is 2. The highest BCUT2D eigenvalue weighted by Gasteiger charge is 2.28. The van der Waals surface area contributed by atoms with Crippen LogP contribution in [-0.4, -0.2) is 24.2 Å². The SMILES string of the molecule is CCc1cccc2c([C@H](CC(=O)NCC(C)C)c3cccc4c3OCO4)c[nH]c12. The number of hydrogen-bond acceptors (Lipinski definition) is 3. The molecule has 5 heteroatoms. The summed E-state index contributed by atoms with van der Waals surface area (Å²) >= 11 is 0. The Balaban J connectivity index is 1.77. The van der Waals surface area contributed by atoms with E-state index in [1.165, 1.54) is 5.56 Å². The molecule has 0 unspecified atom stereocenters. The maximum atomic E-state index is 12.8. The predicted molar refractivity (Wildman–Crippen MR) is 115 cm³/mol. The van der Waals surface area contributed by atoms with Crippen molar-refractivity contribution in [1.29, 1.82) is 0 Å². The molecule has 0 aliphatic carbocycles. The molecule has 1 aromatic heterocycles. The number of aryl methyl sites for hydroxylation is 1. The minimum Gasteiger partial charge on any atom is -0.454 e. The second-order valence-electron chi connectivity index (χ2n) is 7.97. The van der Waals surface area contributed by atoms with E-state index in [1.54, 1.807) is 0 Å². The molecule has 0 fully saturated rings. The molecule has 0 spiro atoms. The number of ether oxygens (including phenoxy) is 2. The Morgan fingerprint density at radius 1 is 1.14 bits per heavy atom. The molecule has 3 aromatic rings.